The lowest BCUT2D eigenvalue weighted by Gasteiger charge is -2.22. The van der Waals surface area contributed by atoms with E-state index in [1.54, 1.807) is 0 Å². The van der Waals surface area contributed by atoms with E-state index < -0.39 is 0 Å². The van der Waals surface area contributed by atoms with Gasteiger partial charge in [-0.1, -0.05) is 0 Å². The maximum Gasteiger partial charge on any atom is 0.0607 e. The molecular formula is C6H18Cl2N2O. The Morgan fingerprint density at radius 1 is 1.36 bits per heavy atom. The number of hydrogen-bond donors (Lipinski definition) is 3. The Hall–Kier alpha value is 0.460. The van der Waals surface area contributed by atoms with E-state index >= 15 is 0 Å². The lowest BCUT2D eigenvalue weighted by Crippen LogP contribution is -2.44. The molecule has 0 unspecified atom stereocenters. The van der Waals surface area contributed by atoms with E-state index in [4.69, 9.17) is 10.8 Å². The van der Waals surface area contributed by atoms with Crippen LogP contribution in [0.3, 0.4) is 0 Å². The third-order valence-electron chi connectivity index (χ3n) is 1.14. The third-order valence-corrected chi connectivity index (χ3v) is 1.14. The van der Waals surface area contributed by atoms with E-state index in [-0.39, 0.29) is 37.0 Å². The van der Waals surface area contributed by atoms with Gasteiger partial charge in [-0.3, -0.25) is 0 Å². The van der Waals surface area contributed by atoms with Gasteiger partial charge < -0.3 is 16.2 Å². The predicted octanol–water partition coefficient (Wildman–Crippen LogP) is 0.149. The molecule has 11 heavy (non-hydrogen) atoms. The largest absolute Gasteiger partial charge is 0.394 e. The molecule has 0 aliphatic rings. The van der Waals surface area contributed by atoms with Crippen LogP contribution in [0, 0.1) is 0 Å². The highest BCUT2D eigenvalue weighted by molar-refractivity contribution is 5.85. The van der Waals surface area contributed by atoms with Crippen LogP contribution < -0.4 is 11.1 Å². The summed E-state index contributed by atoms with van der Waals surface area (Å²) in [6, 6.07) is 0. The first-order valence-corrected chi connectivity index (χ1v) is 3.18. The van der Waals surface area contributed by atoms with Crippen molar-refractivity contribution in [1.82, 2.24) is 5.32 Å². The van der Waals surface area contributed by atoms with Gasteiger partial charge in [0.15, 0.2) is 0 Å². The van der Waals surface area contributed by atoms with Crippen molar-refractivity contribution in [3.05, 3.63) is 0 Å². The summed E-state index contributed by atoms with van der Waals surface area (Å²) in [4.78, 5) is 0. The molecule has 0 aliphatic heterocycles. The van der Waals surface area contributed by atoms with E-state index in [1.807, 2.05) is 13.8 Å². The van der Waals surface area contributed by atoms with Gasteiger partial charge in [0.25, 0.3) is 0 Å². The third kappa shape index (κ3) is 10.5. The second kappa shape index (κ2) is 8.56. The summed E-state index contributed by atoms with van der Waals surface area (Å²) in [5, 5.41) is 11.8. The molecule has 3 nitrogen and oxygen atoms in total. The van der Waals surface area contributed by atoms with E-state index in [1.165, 1.54) is 0 Å². The number of hydrogen-bond acceptors (Lipinski definition) is 3. The van der Waals surface area contributed by atoms with Crippen LogP contribution in [0.25, 0.3) is 0 Å². The minimum absolute atomic E-state index is 0. The molecule has 0 fully saturated rings. The van der Waals surface area contributed by atoms with Gasteiger partial charge in [-0.05, 0) is 13.8 Å². The molecule has 0 bridgehead atoms. The zero-order valence-electron chi connectivity index (χ0n) is 6.96. The van der Waals surface area contributed by atoms with Crippen molar-refractivity contribution in [2.45, 2.75) is 19.4 Å². The molecule has 0 saturated heterocycles. The predicted molar refractivity (Wildman–Crippen MR) is 52.7 cm³/mol. The Bertz CT molecular complexity index is 81.0. The van der Waals surface area contributed by atoms with Crippen LogP contribution in [-0.2, 0) is 0 Å². The van der Waals surface area contributed by atoms with E-state index in [2.05, 4.69) is 5.32 Å². The smallest absolute Gasteiger partial charge is 0.0607 e. The summed E-state index contributed by atoms with van der Waals surface area (Å²) in [6.07, 6.45) is 0. The zero-order chi connectivity index (χ0) is 7.33. The van der Waals surface area contributed by atoms with Crippen molar-refractivity contribution >= 4 is 24.8 Å². The van der Waals surface area contributed by atoms with Gasteiger partial charge in [0.1, 0.15) is 0 Å². The molecule has 72 valence electrons. The van der Waals surface area contributed by atoms with Gasteiger partial charge in [0, 0.05) is 18.6 Å². The number of halogens is 2. The maximum atomic E-state index is 8.72. The maximum absolute atomic E-state index is 8.72. The summed E-state index contributed by atoms with van der Waals surface area (Å²) in [5.41, 5.74) is 5.07. The first-order valence-electron chi connectivity index (χ1n) is 3.18. The number of aliphatic hydroxyl groups is 1. The molecule has 5 heteroatoms. The summed E-state index contributed by atoms with van der Waals surface area (Å²) in [7, 11) is 0. The molecule has 0 spiro atoms. The quantitative estimate of drug-likeness (QED) is 0.612. The normalized spacial score (nSPS) is 9.82. The molecule has 0 amide bonds. The molecule has 0 atom stereocenters. The van der Waals surface area contributed by atoms with Crippen molar-refractivity contribution in [2.24, 2.45) is 5.73 Å². The van der Waals surface area contributed by atoms with Crippen LogP contribution in [0.5, 0.6) is 0 Å². The minimum atomic E-state index is -0.181. The van der Waals surface area contributed by atoms with Crippen LogP contribution in [0.2, 0.25) is 0 Å². The Morgan fingerprint density at radius 3 is 2.09 bits per heavy atom. The Balaban J connectivity index is -0.000000320. The monoisotopic (exact) mass is 204 g/mol. The lowest BCUT2D eigenvalue weighted by atomic mass is 10.1. The highest BCUT2D eigenvalue weighted by atomic mass is 35.5. The molecule has 0 aromatic heterocycles. The summed E-state index contributed by atoms with van der Waals surface area (Å²) in [6.45, 7) is 5.38. The van der Waals surface area contributed by atoms with Gasteiger partial charge in [-0.25, -0.2) is 0 Å². The van der Waals surface area contributed by atoms with Crippen molar-refractivity contribution < 1.29 is 5.11 Å². The van der Waals surface area contributed by atoms with Crippen molar-refractivity contribution in [3.8, 4) is 0 Å². The molecule has 0 saturated carbocycles. The summed E-state index contributed by atoms with van der Waals surface area (Å²) >= 11 is 0. The Morgan fingerprint density at radius 2 is 1.82 bits per heavy atom. The average molecular weight is 205 g/mol. The number of nitrogens with one attached hydrogen (secondary N) is 1. The number of rotatable bonds is 4. The molecule has 0 aromatic carbocycles. The SMILES string of the molecule is CC(C)(CO)NCCN.Cl.Cl. The average Bonchev–Trinajstić information content (AvgIpc) is 1.84. The van der Waals surface area contributed by atoms with E-state index in [0.717, 1.165) is 6.54 Å². The number of nitrogens with two attached hydrogens (primary N) is 1. The van der Waals surface area contributed by atoms with Crippen molar-refractivity contribution in [2.75, 3.05) is 19.7 Å². The molecule has 4 N–H and O–H groups in total. The fraction of sp³-hybridized carbons (Fsp3) is 1.00. The first kappa shape index (κ1) is 17.5. The highest BCUT2D eigenvalue weighted by Crippen LogP contribution is 1.97. The van der Waals surface area contributed by atoms with Crippen LogP contribution in [-0.4, -0.2) is 30.3 Å². The Labute approximate surface area is 80.6 Å². The van der Waals surface area contributed by atoms with E-state index in [9.17, 15) is 0 Å². The fourth-order valence-electron chi connectivity index (χ4n) is 0.466. The highest BCUT2D eigenvalue weighted by Gasteiger charge is 2.13. The van der Waals surface area contributed by atoms with Gasteiger partial charge in [0.2, 0.25) is 0 Å². The molecule has 0 radical (unpaired) electrons. The second-order valence-electron chi connectivity index (χ2n) is 2.76. The minimum Gasteiger partial charge on any atom is -0.394 e. The lowest BCUT2D eigenvalue weighted by molar-refractivity contribution is 0.190. The van der Waals surface area contributed by atoms with Crippen LogP contribution >= 0.6 is 24.8 Å². The van der Waals surface area contributed by atoms with Crippen LogP contribution in [0.1, 0.15) is 13.8 Å². The summed E-state index contributed by atoms with van der Waals surface area (Å²) < 4.78 is 0. The van der Waals surface area contributed by atoms with Crippen LogP contribution in [0.15, 0.2) is 0 Å². The van der Waals surface area contributed by atoms with Crippen LogP contribution in [0.4, 0.5) is 0 Å². The molecular weight excluding hydrogens is 187 g/mol. The molecule has 0 aromatic rings. The number of aliphatic hydroxyl groups excluding tert-OH is 1. The standard InChI is InChI=1S/C6H16N2O.2ClH/c1-6(2,5-9)8-4-3-7;;/h8-9H,3-5,7H2,1-2H3;2*1H. The first-order chi connectivity index (χ1) is 4.12. The van der Waals surface area contributed by atoms with E-state index in [0.29, 0.717) is 6.54 Å². The van der Waals surface area contributed by atoms with Gasteiger partial charge in [-0.15, -0.1) is 24.8 Å². The molecule has 0 heterocycles. The van der Waals surface area contributed by atoms with Crippen molar-refractivity contribution in [1.29, 1.82) is 0 Å². The van der Waals surface area contributed by atoms with Gasteiger partial charge in [-0.2, -0.15) is 0 Å². The topological polar surface area (TPSA) is 58.3 Å². The van der Waals surface area contributed by atoms with Gasteiger partial charge in [0.05, 0.1) is 6.61 Å². The molecule has 0 rings (SSSR count). The van der Waals surface area contributed by atoms with Crippen molar-refractivity contribution in [3.63, 3.8) is 0 Å². The fourth-order valence-corrected chi connectivity index (χ4v) is 0.466. The Kier molecular flexibility index (Phi) is 13.6. The molecule has 0 aliphatic carbocycles. The second-order valence-corrected chi connectivity index (χ2v) is 2.76. The van der Waals surface area contributed by atoms with Gasteiger partial charge >= 0.3 is 0 Å². The summed E-state index contributed by atoms with van der Waals surface area (Å²) in [5.74, 6) is 0. The zero-order valence-corrected chi connectivity index (χ0v) is 8.60.